The van der Waals surface area contributed by atoms with Gasteiger partial charge in [0, 0.05) is 13.2 Å². The second kappa shape index (κ2) is 6.16. The van der Waals surface area contributed by atoms with E-state index in [0.29, 0.717) is 6.10 Å². The van der Waals surface area contributed by atoms with Crippen LogP contribution >= 0.6 is 0 Å². The van der Waals surface area contributed by atoms with E-state index in [0.717, 1.165) is 36.6 Å². The largest absolute Gasteiger partial charge is 0.377 e. The fraction of sp³-hybridized carbons (Fsp3) is 0.588. The lowest BCUT2D eigenvalue weighted by molar-refractivity contribution is -0.00287. The number of nitrogens with one attached hydrogen (secondary N) is 1. The molecule has 1 saturated heterocycles. The van der Waals surface area contributed by atoms with Crippen molar-refractivity contribution in [1.29, 1.82) is 0 Å². The highest BCUT2D eigenvalue weighted by atomic mass is 16.5. The van der Waals surface area contributed by atoms with Gasteiger partial charge in [0.15, 0.2) is 0 Å². The first-order valence-corrected chi connectivity index (χ1v) is 7.88. The minimum Gasteiger partial charge on any atom is -0.377 e. The Balaban J connectivity index is 1.68. The SMILES string of the molecule is Cc1ccc2[nH]c(CN(C)C[C@H]3CCCCO3)nc2c1C. The number of likely N-dealkylation sites (N-methyl/N-ethyl adjacent to an activating group) is 1. The molecule has 0 saturated carbocycles. The molecule has 0 radical (unpaired) electrons. The number of aromatic amines is 1. The van der Waals surface area contributed by atoms with E-state index in [1.165, 1.54) is 30.4 Å². The average molecular weight is 287 g/mol. The molecule has 0 spiro atoms. The highest BCUT2D eigenvalue weighted by molar-refractivity contribution is 5.79. The number of aryl methyl sites for hydroxylation is 2. The maximum absolute atomic E-state index is 5.81. The second-order valence-corrected chi connectivity index (χ2v) is 6.27. The number of rotatable bonds is 4. The van der Waals surface area contributed by atoms with E-state index in [9.17, 15) is 0 Å². The Kier molecular flexibility index (Phi) is 4.27. The summed E-state index contributed by atoms with van der Waals surface area (Å²) in [6.07, 6.45) is 4.07. The summed E-state index contributed by atoms with van der Waals surface area (Å²) in [7, 11) is 2.14. The van der Waals surface area contributed by atoms with E-state index in [-0.39, 0.29) is 0 Å². The average Bonchev–Trinajstić information content (AvgIpc) is 2.87. The number of aromatic nitrogens is 2. The van der Waals surface area contributed by atoms with Crippen LogP contribution in [0.1, 0.15) is 36.2 Å². The number of fused-ring (bicyclic) bond motifs is 1. The van der Waals surface area contributed by atoms with Crippen molar-refractivity contribution in [2.45, 2.75) is 45.8 Å². The van der Waals surface area contributed by atoms with E-state index in [1.807, 2.05) is 0 Å². The quantitative estimate of drug-likeness (QED) is 0.939. The number of hydrogen-bond acceptors (Lipinski definition) is 3. The van der Waals surface area contributed by atoms with Crippen molar-refractivity contribution in [3.63, 3.8) is 0 Å². The van der Waals surface area contributed by atoms with E-state index in [2.05, 4.69) is 42.9 Å². The first kappa shape index (κ1) is 14.5. The van der Waals surface area contributed by atoms with Crippen LogP contribution in [0.15, 0.2) is 12.1 Å². The molecule has 0 unspecified atom stereocenters. The maximum atomic E-state index is 5.81. The minimum atomic E-state index is 0.386. The molecule has 4 nitrogen and oxygen atoms in total. The smallest absolute Gasteiger partial charge is 0.121 e. The van der Waals surface area contributed by atoms with Gasteiger partial charge < -0.3 is 9.72 Å². The molecule has 2 aromatic rings. The van der Waals surface area contributed by atoms with Crippen LogP contribution in [0.25, 0.3) is 11.0 Å². The number of nitrogens with zero attached hydrogens (tertiary/aromatic N) is 2. The summed E-state index contributed by atoms with van der Waals surface area (Å²) < 4.78 is 5.81. The highest BCUT2D eigenvalue weighted by Crippen LogP contribution is 2.20. The van der Waals surface area contributed by atoms with Crippen molar-refractivity contribution < 1.29 is 4.74 Å². The minimum absolute atomic E-state index is 0.386. The van der Waals surface area contributed by atoms with Crippen LogP contribution in [0.3, 0.4) is 0 Å². The van der Waals surface area contributed by atoms with Gasteiger partial charge in [-0.1, -0.05) is 6.07 Å². The lowest BCUT2D eigenvalue weighted by Gasteiger charge is -2.26. The van der Waals surface area contributed by atoms with E-state index in [1.54, 1.807) is 0 Å². The summed E-state index contributed by atoms with van der Waals surface area (Å²) in [5, 5.41) is 0. The van der Waals surface area contributed by atoms with Gasteiger partial charge in [-0.3, -0.25) is 4.90 Å². The lowest BCUT2D eigenvalue weighted by Crippen LogP contribution is -2.33. The number of ether oxygens (including phenoxy) is 1. The van der Waals surface area contributed by atoms with Crippen molar-refractivity contribution in [1.82, 2.24) is 14.9 Å². The molecule has 0 bridgehead atoms. The van der Waals surface area contributed by atoms with Gasteiger partial charge in [0.25, 0.3) is 0 Å². The normalized spacial score (nSPS) is 19.5. The molecular weight excluding hydrogens is 262 g/mol. The number of H-pyrrole nitrogens is 1. The van der Waals surface area contributed by atoms with Crippen LogP contribution in [-0.2, 0) is 11.3 Å². The summed E-state index contributed by atoms with van der Waals surface area (Å²) >= 11 is 0. The van der Waals surface area contributed by atoms with Gasteiger partial charge in [-0.25, -0.2) is 4.98 Å². The van der Waals surface area contributed by atoms with E-state index < -0.39 is 0 Å². The molecule has 3 rings (SSSR count). The van der Waals surface area contributed by atoms with Gasteiger partial charge in [-0.05, 0) is 57.4 Å². The fourth-order valence-corrected chi connectivity index (χ4v) is 3.06. The predicted octanol–water partition coefficient (Wildman–Crippen LogP) is 3.18. The molecule has 1 fully saturated rings. The van der Waals surface area contributed by atoms with Crippen LogP contribution in [0.4, 0.5) is 0 Å². The number of benzene rings is 1. The highest BCUT2D eigenvalue weighted by Gasteiger charge is 2.17. The third kappa shape index (κ3) is 3.27. The van der Waals surface area contributed by atoms with Gasteiger partial charge in [0.1, 0.15) is 5.82 Å². The molecule has 4 heteroatoms. The Morgan fingerprint density at radius 3 is 2.95 bits per heavy atom. The molecule has 1 atom stereocenters. The Morgan fingerprint density at radius 1 is 1.33 bits per heavy atom. The topological polar surface area (TPSA) is 41.2 Å². The standard InChI is InChI=1S/C17H25N3O/c1-12-7-8-15-17(13(12)2)19-16(18-15)11-20(3)10-14-6-4-5-9-21-14/h7-8,14H,4-6,9-11H2,1-3H3,(H,18,19)/t14-/m1/s1. The third-order valence-corrected chi connectivity index (χ3v) is 4.44. The Labute approximate surface area is 126 Å². The zero-order valence-corrected chi connectivity index (χ0v) is 13.3. The molecule has 1 N–H and O–H groups in total. The van der Waals surface area contributed by atoms with Gasteiger partial charge in [0.2, 0.25) is 0 Å². The van der Waals surface area contributed by atoms with Crippen molar-refractivity contribution in [2.75, 3.05) is 20.2 Å². The lowest BCUT2D eigenvalue weighted by atomic mass is 10.1. The summed E-state index contributed by atoms with van der Waals surface area (Å²) in [6.45, 7) is 7.02. The van der Waals surface area contributed by atoms with E-state index >= 15 is 0 Å². The number of hydrogen-bond donors (Lipinski definition) is 1. The Bertz CT molecular complexity index is 614. The van der Waals surface area contributed by atoms with Crippen molar-refractivity contribution >= 4 is 11.0 Å². The molecule has 1 aliphatic heterocycles. The summed E-state index contributed by atoms with van der Waals surface area (Å²) in [6, 6.07) is 4.28. The first-order chi connectivity index (χ1) is 10.1. The van der Waals surface area contributed by atoms with Crippen molar-refractivity contribution in [2.24, 2.45) is 0 Å². The molecule has 114 valence electrons. The Morgan fingerprint density at radius 2 is 2.19 bits per heavy atom. The molecule has 0 amide bonds. The van der Waals surface area contributed by atoms with Crippen molar-refractivity contribution in [3.8, 4) is 0 Å². The summed E-state index contributed by atoms with van der Waals surface area (Å²) in [4.78, 5) is 10.5. The molecule has 2 heterocycles. The van der Waals surface area contributed by atoms with Crippen LogP contribution < -0.4 is 0 Å². The van der Waals surface area contributed by atoms with Gasteiger partial charge in [-0.15, -0.1) is 0 Å². The number of imidazole rings is 1. The van der Waals surface area contributed by atoms with Crippen LogP contribution in [0.2, 0.25) is 0 Å². The monoisotopic (exact) mass is 287 g/mol. The maximum Gasteiger partial charge on any atom is 0.121 e. The first-order valence-electron chi connectivity index (χ1n) is 7.88. The fourth-order valence-electron chi connectivity index (χ4n) is 3.06. The van der Waals surface area contributed by atoms with Crippen LogP contribution in [0, 0.1) is 13.8 Å². The molecule has 21 heavy (non-hydrogen) atoms. The molecule has 0 aliphatic carbocycles. The predicted molar refractivity (Wildman–Crippen MR) is 85.5 cm³/mol. The zero-order chi connectivity index (χ0) is 14.8. The van der Waals surface area contributed by atoms with Gasteiger partial charge in [-0.2, -0.15) is 0 Å². The van der Waals surface area contributed by atoms with Gasteiger partial charge in [0.05, 0.1) is 23.7 Å². The molecule has 1 aromatic heterocycles. The molecular formula is C17H25N3O. The molecule has 1 aromatic carbocycles. The third-order valence-electron chi connectivity index (χ3n) is 4.44. The second-order valence-electron chi connectivity index (χ2n) is 6.27. The summed E-state index contributed by atoms with van der Waals surface area (Å²) in [5.74, 6) is 1.04. The van der Waals surface area contributed by atoms with E-state index in [4.69, 9.17) is 9.72 Å². The van der Waals surface area contributed by atoms with Crippen LogP contribution in [0.5, 0.6) is 0 Å². The zero-order valence-electron chi connectivity index (χ0n) is 13.3. The summed E-state index contributed by atoms with van der Waals surface area (Å²) in [5.41, 5.74) is 4.81. The van der Waals surface area contributed by atoms with Crippen LogP contribution in [-0.4, -0.2) is 41.2 Å². The Hall–Kier alpha value is -1.39. The van der Waals surface area contributed by atoms with Gasteiger partial charge >= 0.3 is 0 Å². The molecule has 1 aliphatic rings. The van der Waals surface area contributed by atoms with Crippen molar-refractivity contribution in [3.05, 3.63) is 29.1 Å².